The molecule has 0 saturated heterocycles. The zero-order valence-electron chi connectivity index (χ0n) is 12.2. The molecule has 2 aromatic heterocycles. The highest BCUT2D eigenvalue weighted by Crippen LogP contribution is 2.34. The minimum absolute atomic E-state index is 0.137. The average molecular weight is 299 g/mol. The molecule has 5 heteroatoms. The van der Waals surface area contributed by atoms with Crippen LogP contribution in [0.3, 0.4) is 0 Å². The molecule has 0 aliphatic rings. The van der Waals surface area contributed by atoms with Gasteiger partial charge in [0.1, 0.15) is 6.10 Å². The van der Waals surface area contributed by atoms with Gasteiger partial charge < -0.3 is 5.11 Å². The number of fused-ring (bicyclic) bond motifs is 1. The Morgan fingerprint density at radius 1 is 1.19 bits per heavy atom. The maximum atomic E-state index is 10.7. The van der Waals surface area contributed by atoms with Crippen molar-refractivity contribution in [1.29, 1.82) is 0 Å². The van der Waals surface area contributed by atoms with Gasteiger partial charge in [-0.15, -0.1) is 5.10 Å². The Kier molecular flexibility index (Phi) is 3.47. The molecule has 0 fully saturated rings. The lowest BCUT2D eigenvalue weighted by Crippen LogP contribution is -2.16. The first-order valence-electron chi connectivity index (χ1n) is 6.82. The molecule has 0 amide bonds. The summed E-state index contributed by atoms with van der Waals surface area (Å²) in [5.41, 5.74) is 2.48. The number of aliphatic hydroxyl groups excluding tert-OH is 1. The molecule has 1 atom stereocenters. The molecule has 0 aliphatic heterocycles. The number of nitrogens with zero attached hydrogens (tertiary/aromatic N) is 3. The Bertz CT molecular complexity index is 776. The summed E-state index contributed by atoms with van der Waals surface area (Å²) in [5, 5.41) is 15.9. The number of aromatic nitrogens is 3. The van der Waals surface area contributed by atoms with Crippen molar-refractivity contribution in [2.45, 2.75) is 32.3 Å². The minimum atomic E-state index is -0.705. The van der Waals surface area contributed by atoms with E-state index in [9.17, 15) is 5.11 Å². The van der Waals surface area contributed by atoms with Gasteiger partial charge >= 0.3 is 0 Å². The average Bonchev–Trinajstić information content (AvgIpc) is 2.95. The van der Waals surface area contributed by atoms with Crippen LogP contribution >= 0.6 is 11.5 Å². The fourth-order valence-electron chi connectivity index (χ4n) is 2.31. The van der Waals surface area contributed by atoms with Gasteiger partial charge in [0.2, 0.25) is 0 Å². The summed E-state index contributed by atoms with van der Waals surface area (Å²) in [4.78, 5) is 5.11. The first-order valence-corrected chi connectivity index (χ1v) is 7.59. The molecule has 2 heterocycles. The number of hydrogen-bond acceptors (Lipinski definition) is 5. The summed E-state index contributed by atoms with van der Waals surface area (Å²) < 4.78 is 4.02. The molecule has 21 heavy (non-hydrogen) atoms. The van der Waals surface area contributed by atoms with E-state index in [1.54, 1.807) is 6.20 Å². The summed E-state index contributed by atoms with van der Waals surface area (Å²) in [5.74, 6) is 0. The van der Waals surface area contributed by atoms with E-state index < -0.39 is 6.10 Å². The molecule has 3 aromatic rings. The van der Waals surface area contributed by atoms with E-state index in [0.29, 0.717) is 0 Å². The van der Waals surface area contributed by atoms with Gasteiger partial charge in [-0.1, -0.05) is 37.4 Å². The molecule has 4 nitrogen and oxygen atoms in total. The van der Waals surface area contributed by atoms with Gasteiger partial charge in [-0.3, -0.25) is 4.98 Å². The zero-order valence-corrected chi connectivity index (χ0v) is 13.1. The van der Waals surface area contributed by atoms with Crippen molar-refractivity contribution in [3.63, 3.8) is 0 Å². The van der Waals surface area contributed by atoms with Gasteiger partial charge in [0.15, 0.2) is 0 Å². The molecule has 0 bridgehead atoms. The summed E-state index contributed by atoms with van der Waals surface area (Å²) in [6, 6.07) is 9.70. The maximum Gasteiger partial charge on any atom is 0.117 e. The first kappa shape index (κ1) is 14.1. The van der Waals surface area contributed by atoms with Gasteiger partial charge in [-0.2, -0.15) is 0 Å². The smallest absolute Gasteiger partial charge is 0.117 e. The van der Waals surface area contributed by atoms with E-state index >= 15 is 0 Å². The molecular weight excluding hydrogens is 282 g/mol. The van der Waals surface area contributed by atoms with Crippen molar-refractivity contribution < 1.29 is 5.11 Å². The van der Waals surface area contributed by atoms with E-state index in [1.807, 2.05) is 30.3 Å². The standard InChI is InChI=1S/C16H17N3OS/c1-16(2,3)15-14(21-19-18-15)13(20)11-6-7-12-10(9-11)5-4-8-17-12/h4-9,13,20H,1-3H3. The van der Waals surface area contributed by atoms with Crippen LogP contribution in [-0.2, 0) is 5.41 Å². The topological polar surface area (TPSA) is 58.9 Å². The second-order valence-electron chi connectivity index (χ2n) is 6.09. The number of aliphatic hydroxyl groups is 1. The summed E-state index contributed by atoms with van der Waals surface area (Å²) in [7, 11) is 0. The molecule has 0 aliphatic carbocycles. The SMILES string of the molecule is CC(C)(C)c1nnsc1C(O)c1ccc2ncccc2c1. The predicted molar refractivity (Wildman–Crippen MR) is 84.4 cm³/mol. The molecular formula is C16H17N3OS. The van der Waals surface area contributed by atoms with Crippen LogP contribution in [0.1, 0.15) is 43.0 Å². The predicted octanol–water partition coefficient (Wildman–Crippen LogP) is 3.47. The lowest BCUT2D eigenvalue weighted by molar-refractivity contribution is 0.221. The second kappa shape index (κ2) is 5.16. The van der Waals surface area contributed by atoms with Crippen LogP contribution in [0.2, 0.25) is 0 Å². The van der Waals surface area contributed by atoms with E-state index in [2.05, 4.69) is 35.3 Å². The van der Waals surface area contributed by atoms with E-state index in [4.69, 9.17) is 0 Å². The maximum absolute atomic E-state index is 10.7. The monoisotopic (exact) mass is 299 g/mol. The number of hydrogen-bond donors (Lipinski definition) is 1. The minimum Gasteiger partial charge on any atom is -0.383 e. The highest BCUT2D eigenvalue weighted by molar-refractivity contribution is 7.05. The Balaban J connectivity index is 2.04. The van der Waals surface area contributed by atoms with Crippen molar-refractivity contribution in [3.8, 4) is 0 Å². The molecule has 3 rings (SSSR count). The van der Waals surface area contributed by atoms with Crippen molar-refractivity contribution in [2.75, 3.05) is 0 Å². The van der Waals surface area contributed by atoms with Gasteiger partial charge in [-0.25, -0.2) is 0 Å². The molecule has 0 radical (unpaired) electrons. The number of rotatable bonds is 2. The molecule has 1 unspecified atom stereocenters. The van der Waals surface area contributed by atoms with Gasteiger partial charge in [0.25, 0.3) is 0 Å². The molecule has 1 aromatic carbocycles. The highest BCUT2D eigenvalue weighted by Gasteiger charge is 2.27. The Morgan fingerprint density at radius 3 is 2.76 bits per heavy atom. The van der Waals surface area contributed by atoms with Crippen LogP contribution in [-0.4, -0.2) is 19.7 Å². The molecule has 0 spiro atoms. The van der Waals surface area contributed by atoms with E-state index in [-0.39, 0.29) is 5.41 Å². The van der Waals surface area contributed by atoms with Crippen molar-refractivity contribution in [1.82, 2.24) is 14.6 Å². The van der Waals surface area contributed by atoms with Crippen molar-refractivity contribution in [3.05, 3.63) is 52.7 Å². The van der Waals surface area contributed by atoms with E-state index in [1.165, 1.54) is 11.5 Å². The van der Waals surface area contributed by atoms with Crippen LogP contribution in [0.4, 0.5) is 0 Å². The molecule has 0 saturated carbocycles. The lowest BCUT2D eigenvalue weighted by Gasteiger charge is -2.19. The number of pyridine rings is 1. The molecule has 108 valence electrons. The number of benzene rings is 1. The lowest BCUT2D eigenvalue weighted by atomic mass is 9.89. The van der Waals surface area contributed by atoms with Gasteiger partial charge in [-0.05, 0) is 35.3 Å². The second-order valence-corrected chi connectivity index (χ2v) is 6.88. The summed E-state index contributed by atoms with van der Waals surface area (Å²) >= 11 is 1.26. The third-order valence-electron chi connectivity index (χ3n) is 3.41. The third-order valence-corrected chi connectivity index (χ3v) is 4.19. The Morgan fingerprint density at radius 2 is 2.00 bits per heavy atom. The third kappa shape index (κ3) is 2.66. The highest BCUT2D eigenvalue weighted by atomic mass is 32.1. The zero-order chi connectivity index (χ0) is 15.0. The summed E-state index contributed by atoms with van der Waals surface area (Å²) in [6.45, 7) is 6.22. The van der Waals surface area contributed by atoms with Crippen LogP contribution in [0.5, 0.6) is 0 Å². The van der Waals surface area contributed by atoms with Crippen LogP contribution in [0.15, 0.2) is 36.5 Å². The quantitative estimate of drug-likeness (QED) is 0.787. The van der Waals surface area contributed by atoms with Crippen molar-refractivity contribution in [2.24, 2.45) is 0 Å². The Labute approximate surface area is 127 Å². The molecule has 1 N–H and O–H groups in total. The van der Waals surface area contributed by atoms with E-state index in [0.717, 1.165) is 27.0 Å². The van der Waals surface area contributed by atoms with Crippen LogP contribution in [0.25, 0.3) is 10.9 Å². The van der Waals surface area contributed by atoms with Crippen LogP contribution in [0, 0.1) is 0 Å². The van der Waals surface area contributed by atoms with Gasteiger partial charge in [0.05, 0.1) is 16.1 Å². The van der Waals surface area contributed by atoms with Crippen molar-refractivity contribution >= 4 is 22.4 Å². The summed E-state index contributed by atoms with van der Waals surface area (Å²) in [6.07, 6.45) is 1.06. The van der Waals surface area contributed by atoms with Gasteiger partial charge in [0, 0.05) is 17.0 Å². The first-order chi connectivity index (χ1) is 9.97. The normalized spacial score (nSPS) is 13.5. The Hall–Kier alpha value is -1.85. The largest absolute Gasteiger partial charge is 0.383 e. The van der Waals surface area contributed by atoms with Crippen LogP contribution < -0.4 is 0 Å². The fraction of sp³-hybridized carbons (Fsp3) is 0.312. The fourth-order valence-corrected chi connectivity index (χ4v) is 3.19.